The molecule has 0 bridgehead atoms. The highest BCUT2D eigenvalue weighted by molar-refractivity contribution is 5.96. The molecule has 2 saturated heterocycles. The predicted molar refractivity (Wildman–Crippen MR) is 84.0 cm³/mol. The van der Waals surface area contributed by atoms with Gasteiger partial charge in [-0.15, -0.1) is 0 Å². The Balaban J connectivity index is 1.70. The van der Waals surface area contributed by atoms with Crippen molar-refractivity contribution in [1.29, 1.82) is 0 Å². The molecule has 0 saturated carbocycles. The van der Waals surface area contributed by atoms with E-state index in [4.69, 9.17) is 0 Å². The average molecular weight is 314 g/mol. The number of H-pyrrole nitrogens is 1. The molecule has 1 unspecified atom stereocenters. The number of piperazine rings is 2. The Morgan fingerprint density at radius 1 is 1.26 bits per heavy atom. The van der Waals surface area contributed by atoms with Gasteiger partial charge in [-0.05, 0) is 13.0 Å². The van der Waals surface area contributed by atoms with Gasteiger partial charge in [0.25, 0.3) is 0 Å². The molecule has 1 atom stereocenters. The molecule has 8 heteroatoms. The Bertz CT molecular complexity index is 800. The van der Waals surface area contributed by atoms with Gasteiger partial charge in [0.05, 0.1) is 12.1 Å². The summed E-state index contributed by atoms with van der Waals surface area (Å²) >= 11 is 0. The van der Waals surface area contributed by atoms with E-state index in [1.54, 1.807) is 11.9 Å². The quantitative estimate of drug-likeness (QED) is 0.785. The maximum absolute atomic E-state index is 12.4. The summed E-state index contributed by atoms with van der Waals surface area (Å²) in [5.41, 5.74) is 1.73. The summed E-state index contributed by atoms with van der Waals surface area (Å²) in [5.74, 6) is 1.49. The van der Waals surface area contributed by atoms with Crippen LogP contribution in [0.25, 0.3) is 11.0 Å². The monoisotopic (exact) mass is 314 g/mol. The van der Waals surface area contributed by atoms with E-state index in [-0.39, 0.29) is 18.4 Å². The minimum atomic E-state index is -0.435. The van der Waals surface area contributed by atoms with Gasteiger partial charge in [0, 0.05) is 32.9 Å². The molecule has 23 heavy (non-hydrogen) atoms. The van der Waals surface area contributed by atoms with Crippen LogP contribution in [-0.2, 0) is 9.59 Å². The lowest BCUT2D eigenvalue weighted by atomic mass is 10.1. The van der Waals surface area contributed by atoms with Crippen molar-refractivity contribution in [2.75, 3.05) is 38.1 Å². The molecule has 2 fully saturated rings. The first-order chi connectivity index (χ1) is 11.0. The van der Waals surface area contributed by atoms with E-state index in [1.165, 1.54) is 4.90 Å². The fourth-order valence-corrected chi connectivity index (χ4v) is 3.38. The minimum absolute atomic E-state index is 0.0113. The maximum Gasteiger partial charge on any atom is 0.247 e. The van der Waals surface area contributed by atoms with Crippen molar-refractivity contribution >= 4 is 28.7 Å². The van der Waals surface area contributed by atoms with E-state index >= 15 is 0 Å². The van der Waals surface area contributed by atoms with Gasteiger partial charge in [-0.3, -0.25) is 9.59 Å². The van der Waals surface area contributed by atoms with Gasteiger partial charge < -0.3 is 19.7 Å². The molecule has 4 heterocycles. The van der Waals surface area contributed by atoms with E-state index in [1.807, 2.05) is 19.2 Å². The Hall–Kier alpha value is -2.64. The summed E-state index contributed by atoms with van der Waals surface area (Å²) in [5, 5.41) is 0. The molecular weight excluding hydrogens is 296 g/mol. The first kappa shape index (κ1) is 14.0. The van der Waals surface area contributed by atoms with E-state index in [0.717, 1.165) is 16.9 Å². The standard InChI is InChI=1S/C15H18N6O2/c1-9-17-10-3-4-16-13(10)14(18-9)20-5-6-21-11(7-20)15(23)19(2)8-12(21)22/h3-4,11,16H,5-8H2,1-2H3. The summed E-state index contributed by atoms with van der Waals surface area (Å²) in [7, 11) is 1.68. The zero-order valence-electron chi connectivity index (χ0n) is 13.1. The molecule has 2 aromatic rings. The zero-order valence-corrected chi connectivity index (χ0v) is 13.1. The van der Waals surface area contributed by atoms with Crippen LogP contribution in [0.2, 0.25) is 0 Å². The Kier molecular flexibility index (Phi) is 3.00. The fourth-order valence-electron chi connectivity index (χ4n) is 3.38. The number of aromatic amines is 1. The Morgan fingerprint density at radius 3 is 2.91 bits per heavy atom. The van der Waals surface area contributed by atoms with Crippen LogP contribution in [0.3, 0.4) is 0 Å². The number of amides is 2. The summed E-state index contributed by atoms with van der Waals surface area (Å²) in [6.07, 6.45) is 1.83. The molecule has 2 aliphatic rings. The number of nitrogens with zero attached hydrogens (tertiary/aromatic N) is 5. The van der Waals surface area contributed by atoms with Crippen LogP contribution in [0.5, 0.6) is 0 Å². The van der Waals surface area contributed by atoms with Crippen LogP contribution in [0.4, 0.5) is 5.82 Å². The van der Waals surface area contributed by atoms with Gasteiger partial charge in [-0.1, -0.05) is 0 Å². The minimum Gasteiger partial charge on any atom is -0.357 e. The molecule has 2 aromatic heterocycles. The molecular formula is C15H18N6O2. The zero-order chi connectivity index (χ0) is 16.1. The molecule has 120 valence electrons. The van der Waals surface area contributed by atoms with Crippen molar-refractivity contribution in [2.45, 2.75) is 13.0 Å². The van der Waals surface area contributed by atoms with Gasteiger partial charge >= 0.3 is 0 Å². The summed E-state index contributed by atoms with van der Waals surface area (Å²) in [6.45, 7) is 3.68. The number of rotatable bonds is 1. The highest BCUT2D eigenvalue weighted by atomic mass is 16.2. The molecule has 4 rings (SSSR count). The highest BCUT2D eigenvalue weighted by Crippen LogP contribution is 2.26. The van der Waals surface area contributed by atoms with Gasteiger partial charge in [0.1, 0.15) is 17.4 Å². The third kappa shape index (κ3) is 2.13. The molecule has 0 radical (unpaired) electrons. The SMILES string of the molecule is Cc1nc(N2CCN3C(=O)CN(C)C(=O)C3C2)c2[nH]ccc2n1. The van der Waals surface area contributed by atoms with Crippen LogP contribution in [-0.4, -0.2) is 75.8 Å². The number of carbonyl (C=O) groups excluding carboxylic acids is 2. The van der Waals surface area contributed by atoms with Crippen LogP contribution >= 0.6 is 0 Å². The van der Waals surface area contributed by atoms with Crippen molar-refractivity contribution in [3.05, 3.63) is 18.1 Å². The summed E-state index contributed by atoms with van der Waals surface area (Å²) < 4.78 is 0. The molecule has 0 aliphatic carbocycles. The molecule has 2 aliphatic heterocycles. The van der Waals surface area contributed by atoms with Gasteiger partial charge in [0.15, 0.2) is 5.82 Å². The molecule has 0 spiro atoms. The van der Waals surface area contributed by atoms with Gasteiger partial charge in [-0.2, -0.15) is 0 Å². The third-order valence-electron chi connectivity index (χ3n) is 4.53. The van der Waals surface area contributed by atoms with E-state index < -0.39 is 6.04 Å². The molecule has 1 N–H and O–H groups in total. The van der Waals surface area contributed by atoms with Gasteiger partial charge in [-0.25, -0.2) is 9.97 Å². The number of carbonyl (C=O) groups is 2. The van der Waals surface area contributed by atoms with E-state index in [0.29, 0.717) is 25.5 Å². The smallest absolute Gasteiger partial charge is 0.247 e. The van der Waals surface area contributed by atoms with E-state index in [2.05, 4.69) is 19.9 Å². The molecule has 8 nitrogen and oxygen atoms in total. The third-order valence-corrected chi connectivity index (χ3v) is 4.53. The number of hydrogen-bond acceptors (Lipinski definition) is 5. The number of hydrogen-bond donors (Lipinski definition) is 1. The number of likely N-dealkylation sites (N-methyl/N-ethyl adjacent to an activating group) is 1. The number of anilines is 1. The number of fused-ring (bicyclic) bond motifs is 2. The lowest BCUT2D eigenvalue weighted by Crippen LogP contribution is -2.66. The Morgan fingerprint density at radius 2 is 2.09 bits per heavy atom. The summed E-state index contributed by atoms with van der Waals surface area (Å²) in [4.78, 5) is 42.0. The highest BCUT2D eigenvalue weighted by Gasteiger charge is 2.41. The van der Waals surface area contributed by atoms with Crippen molar-refractivity contribution in [1.82, 2.24) is 24.8 Å². The molecule has 0 aromatic carbocycles. The lowest BCUT2D eigenvalue weighted by Gasteiger charge is -2.45. The fraction of sp³-hybridized carbons (Fsp3) is 0.467. The normalized spacial score (nSPS) is 22.0. The van der Waals surface area contributed by atoms with Crippen LogP contribution in [0, 0.1) is 6.92 Å². The first-order valence-electron chi connectivity index (χ1n) is 7.65. The molecule has 2 amide bonds. The van der Waals surface area contributed by atoms with Crippen LogP contribution < -0.4 is 4.90 Å². The second-order valence-electron chi connectivity index (χ2n) is 6.08. The second-order valence-corrected chi connectivity index (χ2v) is 6.08. The van der Waals surface area contributed by atoms with Crippen LogP contribution in [0.15, 0.2) is 12.3 Å². The predicted octanol–water partition coefficient (Wildman–Crippen LogP) is -0.244. The van der Waals surface area contributed by atoms with Crippen molar-refractivity contribution < 1.29 is 9.59 Å². The largest absolute Gasteiger partial charge is 0.357 e. The number of aromatic nitrogens is 3. The van der Waals surface area contributed by atoms with Crippen molar-refractivity contribution in [2.24, 2.45) is 0 Å². The lowest BCUT2D eigenvalue weighted by molar-refractivity contribution is -0.154. The summed E-state index contributed by atoms with van der Waals surface area (Å²) in [6, 6.07) is 1.47. The van der Waals surface area contributed by atoms with Gasteiger partial charge in [0.2, 0.25) is 11.8 Å². The van der Waals surface area contributed by atoms with E-state index in [9.17, 15) is 9.59 Å². The van der Waals surface area contributed by atoms with Crippen LogP contribution in [0.1, 0.15) is 5.82 Å². The Labute approximate surface area is 133 Å². The topological polar surface area (TPSA) is 85.4 Å². The average Bonchev–Trinajstić information content (AvgIpc) is 2.99. The second kappa shape index (κ2) is 4.94. The number of aryl methyl sites for hydroxylation is 1. The maximum atomic E-state index is 12.4. The first-order valence-corrected chi connectivity index (χ1v) is 7.65. The number of nitrogens with one attached hydrogen (secondary N) is 1. The van der Waals surface area contributed by atoms with Crippen molar-refractivity contribution in [3.8, 4) is 0 Å². The van der Waals surface area contributed by atoms with Crippen molar-refractivity contribution in [3.63, 3.8) is 0 Å².